The molecule has 1 aliphatic carbocycles. The Labute approximate surface area is 162 Å². The molecule has 148 valence electrons. The molecule has 0 spiro atoms. The Hall–Kier alpha value is -1.80. The van der Waals surface area contributed by atoms with Crippen molar-refractivity contribution in [1.82, 2.24) is 9.97 Å². The number of halogens is 1. The number of Topliss-reactive ketones (excluding diaryl/α,β-unsaturated/α-hetero) is 1. The first-order chi connectivity index (χ1) is 12.9. The molecule has 2 aromatic rings. The van der Waals surface area contributed by atoms with Crippen molar-refractivity contribution in [2.24, 2.45) is 11.8 Å². The molecular formula is C19H25FN2O4S. The van der Waals surface area contributed by atoms with Gasteiger partial charge in [0.05, 0.1) is 19.3 Å². The quantitative estimate of drug-likeness (QED) is 0.604. The minimum absolute atomic E-state index is 0.00801. The Kier molecular flexibility index (Phi) is 6.59. The molecule has 1 aliphatic rings. The molecule has 1 saturated carbocycles. The van der Waals surface area contributed by atoms with Gasteiger partial charge in [0, 0.05) is 19.1 Å². The maximum atomic E-state index is 14.2. The number of carbonyl (C=O) groups excluding carboxylic acids is 1. The smallest absolute Gasteiger partial charge is 0.275 e. The summed E-state index contributed by atoms with van der Waals surface area (Å²) in [6.07, 6.45) is 2.51. The lowest BCUT2D eigenvalue weighted by Gasteiger charge is -2.35. The van der Waals surface area contributed by atoms with Crippen molar-refractivity contribution >= 4 is 27.5 Å². The van der Waals surface area contributed by atoms with Crippen LogP contribution in [0.5, 0.6) is 11.1 Å². The van der Waals surface area contributed by atoms with Gasteiger partial charge in [-0.3, -0.25) is 0 Å². The van der Waals surface area contributed by atoms with Crippen LogP contribution in [0.25, 0.3) is 10.3 Å². The molecule has 0 radical (unpaired) electrons. The highest BCUT2D eigenvalue weighted by atomic mass is 32.1. The molecule has 1 fully saturated rings. The van der Waals surface area contributed by atoms with Crippen LogP contribution in [-0.4, -0.2) is 41.7 Å². The second-order valence-electron chi connectivity index (χ2n) is 7.13. The van der Waals surface area contributed by atoms with E-state index in [9.17, 15) is 9.18 Å². The van der Waals surface area contributed by atoms with Crippen molar-refractivity contribution in [2.75, 3.05) is 19.8 Å². The highest BCUT2D eigenvalue weighted by Gasteiger charge is 2.31. The second kappa shape index (κ2) is 8.93. The fourth-order valence-corrected chi connectivity index (χ4v) is 3.91. The third kappa shape index (κ3) is 5.35. The Morgan fingerprint density at radius 1 is 1.37 bits per heavy atom. The van der Waals surface area contributed by atoms with Crippen LogP contribution in [0.1, 0.15) is 40.0 Å². The normalized spacial score (nSPS) is 20.3. The molecule has 2 aromatic heterocycles. The van der Waals surface area contributed by atoms with Crippen molar-refractivity contribution < 1.29 is 23.4 Å². The first-order valence-electron chi connectivity index (χ1n) is 9.28. The van der Waals surface area contributed by atoms with Crippen molar-refractivity contribution in [3.8, 4) is 11.1 Å². The lowest BCUT2D eigenvalue weighted by molar-refractivity contribution is -0.119. The number of thiazole rings is 1. The van der Waals surface area contributed by atoms with Gasteiger partial charge < -0.3 is 19.0 Å². The Balaban J connectivity index is 1.44. The summed E-state index contributed by atoms with van der Waals surface area (Å²) in [5.41, 5.74) is 0.477. The Morgan fingerprint density at radius 3 is 2.85 bits per heavy atom. The van der Waals surface area contributed by atoms with Crippen molar-refractivity contribution in [1.29, 1.82) is 0 Å². The average molecular weight is 396 g/mol. The predicted molar refractivity (Wildman–Crippen MR) is 101 cm³/mol. The molecule has 8 heteroatoms. The molecule has 0 unspecified atom stereocenters. The zero-order valence-corrected chi connectivity index (χ0v) is 16.7. The second-order valence-corrected chi connectivity index (χ2v) is 8.07. The minimum atomic E-state index is -0.513. The van der Waals surface area contributed by atoms with Gasteiger partial charge in [0.15, 0.2) is 10.6 Å². The van der Waals surface area contributed by atoms with Crippen LogP contribution in [0.2, 0.25) is 0 Å². The summed E-state index contributed by atoms with van der Waals surface area (Å²) in [5.74, 6) is 0.251. The molecule has 2 heterocycles. The van der Waals surface area contributed by atoms with Crippen LogP contribution in [0.4, 0.5) is 4.39 Å². The van der Waals surface area contributed by atoms with Crippen LogP contribution < -0.4 is 9.47 Å². The summed E-state index contributed by atoms with van der Waals surface area (Å²) in [7, 11) is 0. The first-order valence-corrected chi connectivity index (χ1v) is 10.1. The van der Waals surface area contributed by atoms with E-state index in [0.717, 1.165) is 12.8 Å². The third-order valence-corrected chi connectivity index (χ3v) is 5.33. The number of rotatable bonds is 10. The lowest BCUT2D eigenvalue weighted by atomic mass is 9.83. The monoisotopic (exact) mass is 396 g/mol. The first kappa shape index (κ1) is 19.9. The van der Waals surface area contributed by atoms with Gasteiger partial charge in [-0.25, -0.2) is 9.37 Å². The molecule has 0 bridgehead atoms. The van der Waals surface area contributed by atoms with Gasteiger partial charge in [0.25, 0.3) is 11.1 Å². The van der Waals surface area contributed by atoms with Crippen molar-refractivity contribution in [2.45, 2.75) is 46.1 Å². The van der Waals surface area contributed by atoms with Crippen LogP contribution >= 0.6 is 11.3 Å². The molecule has 0 N–H and O–H groups in total. The lowest BCUT2D eigenvalue weighted by Crippen LogP contribution is -2.36. The number of aromatic nitrogens is 2. The number of nitrogens with zero attached hydrogens (tertiary/aromatic N) is 2. The zero-order valence-electron chi connectivity index (χ0n) is 15.9. The van der Waals surface area contributed by atoms with Gasteiger partial charge in [0.2, 0.25) is 0 Å². The number of carbonyl (C=O) groups is 1. The number of ether oxygens (including phenoxy) is 3. The number of fused-ring (bicyclic) bond motifs is 1. The topological polar surface area (TPSA) is 70.5 Å². The predicted octanol–water partition coefficient (Wildman–Crippen LogP) is 4.02. The summed E-state index contributed by atoms with van der Waals surface area (Å²) in [4.78, 5) is 20.1. The molecule has 0 saturated heterocycles. The molecule has 6 nitrogen and oxygen atoms in total. The van der Waals surface area contributed by atoms with E-state index in [4.69, 9.17) is 14.2 Å². The van der Waals surface area contributed by atoms with Crippen molar-refractivity contribution in [3.63, 3.8) is 0 Å². The van der Waals surface area contributed by atoms with Gasteiger partial charge in [-0.15, -0.1) is 0 Å². The largest absolute Gasteiger partial charge is 0.475 e. The molecule has 27 heavy (non-hydrogen) atoms. The maximum absolute atomic E-state index is 14.2. The standard InChI is InChI=1S/C19H25FN2O4S/c1-4-24-19-21-16-8-15(20)17(22-18(16)27-19)26-10-13-6-14(7-13)25-9-11(2)5-12(3)23/h8,11,13-14H,4-7,9-10H2,1-3H3/t11-,13?,14?/m1/s1. The van der Waals surface area contributed by atoms with Crippen LogP contribution in [0.15, 0.2) is 6.07 Å². The summed E-state index contributed by atoms with van der Waals surface area (Å²) < 4.78 is 30.9. The van der Waals surface area contributed by atoms with Gasteiger partial charge in [-0.2, -0.15) is 4.98 Å². The van der Waals surface area contributed by atoms with Crippen LogP contribution in [0, 0.1) is 17.7 Å². The van der Waals surface area contributed by atoms with E-state index in [1.54, 1.807) is 6.92 Å². The van der Waals surface area contributed by atoms with Gasteiger partial charge in [0.1, 0.15) is 11.3 Å². The number of ketones is 1. The fourth-order valence-electron chi connectivity index (χ4n) is 3.09. The molecular weight excluding hydrogens is 371 g/mol. The Bertz CT molecular complexity index is 791. The summed E-state index contributed by atoms with van der Waals surface area (Å²) in [5, 5.41) is 0.481. The number of hydrogen-bond donors (Lipinski definition) is 0. The number of hydrogen-bond acceptors (Lipinski definition) is 7. The summed E-state index contributed by atoms with van der Waals surface area (Å²) in [6.45, 7) is 7.00. The van der Waals surface area contributed by atoms with Gasteiger partial charge in [-0.1, -0.05) is 18.3 Å². The molecule has 0 aliphatic heterocycles. The highest BCUT2D eigenvalue weighted by molar-refractivity contribution is 7.19. The van der Waals surface area contributed by atoms with E-state index in [0.29, 0.717) is 47.7 Å². The van der Waals surface area contributed by atoms with E-state index < -0.39 is 5.82 Å². The van der Waals surface area contributed by atoms with Gasteiger partial charge in [-0.05, 0) is 38.5 Å². The highest BCUT2D eigenvalue weighted by Crippen LogP contribution is 2.33. The van der Waals surface area contributed by atoms with E-state index in [1.807, 2.05) is 13.8 Å². The van der Waals surface area contributed by atoms with Crippen LogP contribution in [-0.2, 0) is 9.53 Å². The van der Waals surface area contributed by atoms with E-state index >= 15 is 0 Å². The van der Waals surface area contributed by atoms with E-state index in [-0.39, 0.29) is 23.7 Å². The molecule has 0 amide bonds. The molecule has 3 rings (SSSR count). The minimum Gasteiger partial charge on any atom is -0.475 e. The summed E-state index contributed by atoms with van der Waals surface area (Å²) in [6, 6.07) is 1.33. The fraction of sp³-hybridized carbons (Fsp3) is 0.632. The SMILES string of the molecule is CCOc1nc2cc(F)c(OCC3CC(OC[C@H](C)CC(C)=O)C3)nc2s1. The molecule has 1 atom stereocenters. The zero-order chi connectivity index (χ0) is 19.4. The summed E-state index contributed by atoms with van der Waals surface area (Å²) >= 11 is 1.28. The average Bonchev–Trinajstić information content (AvgIpc) is 2.93. The van der Waals surface area contributed by atoms with E-state index in [2.05, 4.69) is 9.97 Å². The third-order valence-electron chi connectivity index (χ3n) is 4.45. The maximum Gasteiger partial charge on any atom is 0.275 e. The Morgan fingerprint density at radius 2 is 2.15 bits per heavy atom. The van der Waals surface area contributed by atoms with Gasteiger partial charge >= 0.3 is 0 Å². The number of pyridine rings is 1. The van der Waals surface area contributed by atoms with E-state index in [1.165, 1.54) is 17.4 Å². The van der Waals surface area contributed by atoms with Crippen LogP contribution in [0.3, 0.4) is 0 Å². The van der Waals surface area contributed by atoms with Crippen molar-refractivity contribution in [3.05, 3.63) is 11.9 Å². The molecule has 0 aromatic carbocycles.